The van der Waals surface area contributed by atoms with Crippen LogP contribution < -0.4 is 9.80 Å². The van der Waals surface area contributed by atoms with E-state index in [9.17, 15) is 5.11 Å². The van der Waals surface area contributed by atoms with Crippen LogP contribution >= 0.6 is 0 Å². The summed E-state index contributed by atoms with van der Waals surface area (Å²) in [4.78, 5) is 4.17. The molecule has 1 aromatic heterocycles. The van der Waals surface area contributed by atoms with Gasteiger partial charge in [-0.1, -0.05) is 78.9 Å². The number of phenolic OH excluding ortho intramolecular Hbond substituents is 1. The quantitative estimate of drug-likeness (QED) is 0.238. The molecular weight excluding hydrogens is 492 g/mol. The van der Waals surface area contributed by atoms with E-state index < -0.39 is 0 Å². The third-order valence-electron chi connectivity index (χ3n) is 7.14. The zero-order valence-electron chi connectivity index (χ0n) is 21.7. The van der Waals surface area contributed by atoms with E-state index in [-0.39, 0.29) is 5.75 Å². The first-order chi connectivity index (χ1) is 19.8. The Morgan fingerprint density at radius 2 is 0.875 bits per heavy atom. The summed E-state index contributed by atoms with van der Waals surface area (Å²) in [5, 5.41) is 14.1. The minimum Gasteiger partial charge on any atom is -0.504 e. The van der Waals surface area contributed by atoms with Crippen molar-refractivity contribution >= 4 is 56.1 Å². The Hall–Kier alpha value is -5.48. The standard InChI is InChI=1S/C36H26N2O2/c39-36-32(37(26-13-4-1-5-14-26)27-15-6-2-7-16-27)20-12-21-33(36)38(28-17-8-3-9-18-28)29-23-24-35-31(25-29)30-19-10-11-22-34(30)40-35/h1-25,39H. The van der Waals surface area contributed by atoms with E-state index in [2.05, 4.69) is 34.1 Å². The van der Waals surface area contributed by atoms with Crippen LogP contribution in [0.3, 0.4) is 0 Å². The third-order valence-corrected chi connectivity index (χ3v) is 7.14. The summed E-state index contributed by atoms with van der Waals surface area (Å²) >= 11 is 0. The lowest BCUT2D eigenvalue weighted by Crippen LogP contribution is -2.13. The van der Waals surface area contributed by atoms with Crippen LogP contribution in [0.25, 0.3) is 21.9 Å². The van der Waals surface area contributed by atoms with Crippen LogP contribution in [-0.4, -0.2) is 5.11 Å². The van der Waals surface area contributed by atoms with Crippen LogP contribution in [0.5, 0.6) is 5.75 Å². The lowest BCUT2D eigenvalue weighted by molar-refractivity contribution is 0.478. The number of hydrogen-bond acceptors (Lipinski definition) is 4. The average Bonchev–Trinajstić information content (AvgIpc) is 3.39. The van der Waals surface area contributed by atoms with Crippen molar-refractivity contribution in [3.8, 4) is 5.75 Å². The molecule has 0 amide bonds. The normalized spacial score (nSPS) is 11.1. The molecular formula is C36H26N2O2. The first kappa shape index (κ1) is 23.6. The molecule has 0 atom stereocenters. The Bertz CT molecular complexity index is 1880. The molecule has 1 N–H and O–H groups in total. The fourth-order valence-electron chi connectivity index (χ4n) is 5.32. The highest BCUT2D eigenvalue weighted by molar-refractivity contribution is 6.06. The Balaban J connectivity index is 1.44. The molecule has 0 radical (unpaired) electrons. The van der Waals surface area contributed by atoms with E-state index in [4.69, 9.17) is 4.42 Å². The van der Waals surface area contributed by atoms with E-state index >= 15 is 0 Å². The Morgan fingerprint density at radius 3 is 1.45 bits per heavy atom. The highest BCUT2D eigenvalue weighted by Crippen LogP contribution is 2.48. The van der Waals surface area contributed by atoms with E-state index in [0.29, 0.717) is 11.4 Å². The Kier molecular flexibility index (Phi) is 5.91. The van der Waals surface area contributed by atoms with Crippen molar-refractivity contribution < 1.29 is 9.52 Å². The zero-order chi connectivity index (χ0) is 26.9. The number of benzene rings is 6. The molecule has 0 saturated heterocycles. The number of aromatic hydroxyl groups is 1. The third kappa shape index (κ3) is 4.12. The number of fused-ring (bicyclic) bond motifs is 3. The molecule has 6 aromatic carbocycles. The van der Waals surface area contributed by atoms with Gasteiger partial charge >= 0.3 is 0 Å². The SMILES string of the molecule is Oc1c(N(c2ccccc2)c2ccccc2)cccc1N(c1ccccc1)c1ccc2oc3ccccc3c2c1. The van der Waals surface area contributed by atoms with Crippen LogP contribution in [0.2, 0.25) is 0 Å². The van der Waals surface area contributed by atoms with Gasteiger partial charge in [-0.25, -0.2) is 0 Å². The smallest absolute Gasteiger partial charge is 0.163 e. The van der Waals surface area contributed by atoms with Crippen molar-refractivity contribution in [1.82, 2.24) is 0 Å². The first-order valence-electron chi connectivity index (χ1n) is 13.3. The highest BCUT2D eigenvalue weighted by atomic mass is 16.3. The molecule has 0 unspecified atom stereocenters. The summed E-state index contributed by atoms with van der Waals surface area (Å²) in [5.74, 6) is 0.177. The van der Waals surface area contributed by atoms with Gasteiger partial charge < -0.3 is 19.3 Å². The van der Waals surface area contributed by atoms with Gasteiger partial charge in [-0.05, 0) is 72.8 Å². The van der Waals surface area contributed by atoms with Gasteiger partial charge in [0.2, 0.25) is 0 Å². The average molecular weight is 519 g/mol. The Morgan fingerprint density at radius 1 is 0.400 bits per heavy atom. The predicted molar refractivity (Wildman–Crippen MR) is 165 cm³/mol. The van der Waals surface area contributed by atoms with Crippen LogP contribution in [0.4, 0.5) is 34.1 Å². The molecule has 0 spiro atoms. The minimum atomic E-state index is 0.177. The van der Waals surface area contributed by atoms with Gasteiger partial charge in [-0.2, -0.15) is 0 Å². The predicted octanol–water partition coefficient (Wildman–Crippen LogP) is 10.2. The van der Waals surface area contributed by atoms with Crippen molar-refractivity contribution in [3.05, 3.63) is 152 Å². The monoisotopic (exact) mass is 518 g/mol. The molecule has 0 fully saturated rings. The van der Waals surface area contributed by atoms with Gasteiger partial charge in [0.15, 0.2) is 5.75 Å². The molecule has 0 saturated carbocycles. The fraction of sp³-hybridized carbons (Fsp3) is 0. The summed E-state index contributed by atoms with van der Waals surface area (Å²) in [7, 11) is 0. The molecule has 0 bridgehead atoms. The summed E-state index contributed by atoms with van der Waals surface area (Å²) in [5.41, 5.74) is 6.81. The molecule has 7 aromatic rings. The lowest BCUT2D eigenvalue weighted by Gasteiger charge is -2.30. The van der Waals surface area contributed by atoms with Crippen LogP contribution in [-0.2, 0) is 0 Å². The maximum absolute atomic E-state index is 12.0. The lowest BCUT2D eigenvalue weighted by atomic mass is 10.1. The molecule has 4 nitrogen and oxygen atoms in total. The van der Waals surface area contributed by atoms with E-state index in [1.807, 2.05) is 127 Å². The van der Waals surface area contributed by atoms with Crippen LogP contribution in [0.1, 0.15) is 0 Å². The van der Waals surface area contributed by atoms with Crippen LogP contribution in [0, 0.1) is 0 Å². The van der Waals surface area contributed by atoms with E-state index in [1.54, 1.807) is 0 Å². The summed E-state index contributed by atoms with van der Waals surface area (Å²) in [6.07, 6.45) is 0. The molecule has 4 heteroatoms. The molecule has 7 rings (SSSR count). The summed E-state index contributed by atoms with van der Waals surface area (Å²) in [6, 6.07) is 50.5. The molecule has 1 heterocycles. The van der Waals surface area contributed by atoms with Gasteiger partial charge in [-0.15, -0.1) is 0 Å². The number of para-hydroxylation sites is 5. The molecule has 0 aliphatic rings. The number of rotatable bonds is 6. The second kappa shape index (κ2) is 10.0. The molecule has 192 valence electrons. The summed E-state index contributed by atoms with van der Waals surface area (Å²) < 4.78 is 6.10. The largest absolute Gasteiger partial charge is 0.504 e. The maximum Gasteiger partial charge on any atom is 0.163 e. The molecule has 0 aliphatic heterocycles. The zero-order valence-corrected chi connectivity index (χ0v) is 21.7. The molecule has 40 heavy (non-hydrogen) atoms. The first-order valence-corrected chi connectivity index (χ1v) is 13.3. The number of furan rings is 1. The number of nitrogens with zero attached hydrogens (tertiary/aromatic N) is 2. The van der Waals surface area contributed by atoms with Gasteiger partial charge in [0, 0.05) is 33.5 Å². The number of hydrogen-bond donors (Lipinski definition) is 1. The summed E-state index contributed by atoms with van der Waals surface area (Å²) in [6.45, 7) is 0. The second-order valence-corrected chi connectivity index (χ2v) is 9.60. The van der Waals surface area contributed by atoms with Crippen molar-refractivity contribution in [2.45, 2.75) is 0 Å². The molecule has 0 aliphatic carbocycles. The fourth-order valence-corrected chi connectivity index (χ4v) is 5.32. The number of phenols is 1. The van der Waals surface area contributed by atoms with Crippen molar-refractivity contribution in [2.75, 3.05) is 9.80 Å². The second-order valence-electron chi connectivity index (χ2n) is 9.60. The van der Waals surface area contributed by atoms with Crippen molar-refractivity contribution in [3.63, 3.8) is 0 Å². The van der Waals surface area contributed by atoms with Crippen molar-refractivity contribution in [2.24, 2.45) is 0 Å². The van der Waals surface area contributed by atoms with Gasteiger partial charge in [-0.3, -0.25) is 0 Å². The van der Waals surface area contributed by atoms with Gasteiger partial charge in [0.1, 0.15) is 11.2 Å². The van der Waals surface area contributed by atoms with Gasteiger partial charge in [0.05, 0.1) is 11.4 Å². The minimum absolute atomic E-state index is 0.177. The van der Waals surface area contributed by atoms with E-state index in [1.165, 1.54) is 0 Å². The van der Waals surface area contributed by atoms with E-state index in [0.717, 1.165) is 44.7 Å². The Labute approximate surface area is 232 Å². The topological polar surface area (TPSA) is 39.9 Å². The van der Waals surface area contributed by atoms with Crippen molar-refractivity contribution in [1.29, 1.82) is 0 Å². The van der Waals surface area contributed by atoms with Crippen LogP contribution in [0.15, 0.2) is 156 Å². The highest BCUT2D eigenvalue weighted by Gasteiger charge is 2.23. The maximum atomic E-state index is 12.0. The number of anilines is 6. The van der Waals surface area contributed by atoms with Gasteiger partial charge in [0.25, 0.3) is 0 Å².